The quantitative estimate of drug-likeness (QED) is 0.620. The molecule has 2 heterocycles. The largest absolute Gasteiger partial charge is 0.349 e. The summed E-state index contributed by atoms with van der Waals surface area (Å²) in [5.74, 6) is 1.24. The number of hydrogen-bond donors (Lipinski definition) is 3. The summed E-state index contributed by atoms with van der Waals surface area (Å²) in [4.78, 5) is 18.4. The number of alkyl halides is 1. The fourth-order valence-electron chi connectivity index (χ4n) is 5.31. The minimum Gasteiger partial charge on any atom is -0.349 e. The van der Waals surface area contributed by atoms with E-state index < -0.39 is 0 Å². The Hall–Kier alpha value is -0.400. The number of nitrogens with one attached hydrogen (secondary N) is 3. The Morgan fingerprint density at radius 2 is 1.89 bits per heavy atom. The van der Waals surface area contributed by atoms with Crippen LogP contribution in [0.25, 0.3) is 0 Å². The van der Waals surface area contributed by atoms with E-state index >= 15 is 0 Å². The van der Waals surface area contributed by atoms with Crippen LogP contribution >= 0.6 is 11.6 Å². The van der Waals surface area contributed by atoms with Gasteiger partial charge in [0, 0.05) is 37.4 Å². The molecule has 1 amide bonds. The average molecular weight is 399 g/mol. The van der Waals surface area contributed by atoms with Crippen molar-refractivity contribution in [3.05, 3.63) is 0 Å². The highest BCUT2D eigenvalue weighted by Crippen LogP contribution is 2.35. The monoisotopic (exact) mass is 398 g/mol. The zero-order valence-electron chi connectivity index (χ0n) is 16.3. The molecular formula is C20H35ClN4O2. The molecule has 2 aliphatic carbocycles. The molecule has 7 heteroatoms. The van der Waals surface area contributed by atoms with E-state index in [1.165, 1.54) is 44.9 Å². The van der Waals surface area contributed by atoms with Crippen molar-refractivity contribution >= 4 is 17.5 Å². The number of carbonyl (C=O) groups excluding carboxylic acids is 1. The van der Waals surface area contributed by atoms with Crippen molar-refractivity contribution < 1.29 is 9.63 Å². The number of amides is 1. The van der Waals surface area contributed by atoms with E-state index in [9.17, 15) is 4.79 Å². The van der Waals surface area contributed by atoms with Gasteiger partial charge >= 0.3 is 0 Å². The molecule has 4 fully saturated rings. The van der Waals surface area contributed by atoms with E-state index in [-0.39, 0.29) is 29.5 Å². The topological polar surface area (TPSA) is 65.6 Å². The van der Waals surface area contributed by atoms with Gasteiger partial charge in [-0.2, -0.15) is 5.48 Å². The van der Waals surface area contributed by atoms with Crippen molar-refractivity contribution in [2.45, 2.75) is 87.8 Å². The molecule has 5 unspecified atom stereocenters. The predicted molar refractivity (Wildman–Crippen MR) is 106 cm³/mol. The average Bonchev–Trinajstić information content (AvgIpc) is 3.33. The van der Waals surface area contributed by atoms with Gasteiger partial charge in [-0.05, 0) is 31.6 Å². The third-order valence-corrected chi connectivity index (χ3v) is 7.45. The van der Waals surface area contributed by atoms with Gasteiger partial charge in [-0.1, -0.05) is 32.1 Å². The summed E-state index contributed by atoms with van der Waals surface area (Å²) in [7, 11) is 0. The van der Waals surface area contributed by atoms with E-state index in [1.807, 2.05) is 0 Å². The van der Waals surface area contributed by atoms with Crippen molar-refractivity contribution in [2.75, 3.05) is 19.6 Å². The van der Waals surface area contributed by atoms with Crippen LogP contribution in [-0.2, 0) is 9.63 Å². The van der Waals surface area contributed by atoms with Crippen LogP contribution < -0.4 is 16.2 Å². The first-order valence-corrected chi connectivity index (χ1v) is 11.5. The fourth-order valence-corrected chi connectivity index (χ4v) is 5.75. The molecule has 5 atom stereocenters. The molecule has 0 bridgehead atoms. The first-order chi connectivity index (χ1) is 13.2. The zero-order chi connectivity index (χ0) is 18.6. The molecule has 2 saturated heterocycles. The highest BCUT2D eigenvalue weighted by molar-refractivity contribution is 6.20. The molecule has 2 aliphatic heterocycles. The van der Waals surface area contributed by atoms with Crippen molar-refractivity contribution in [3.8, 4) is 0 Å². The lowest BCUT2D eigenvalue weighted by atomic mass is 9.83. The summed E-state index contributed by atoms with van der Waals surface area (Å²) in [6.45, 7) is 2.82. The molecule has 27 heavy (non-hydrogen) atoms. The first-order valence-electron chi connectivity index (χ1n) is 11.0. The first kappa shape index (κ1) is 19.9. The molecule has 4 aliphatic rings. The maximum absolute atomic E-state index is 12.7. The van der Waals surface area contributed by atoms with E-state index in [0.717, 1.165) is 44.8 Å². The number of nitrogens with zero attached hydrogens (tertiary/aromatic N) is 1. The van der Waals surface area contributed by atoms with Gasteiger partial charge in [0.2, 0.25) is 5.91 Å². The second kappa shape index (κ2) is 9.40. The predicted octanol–water partition coefficient (Wildman–Crippen LogP) is 2.33. The summed E-state index contributed by atoms with van der Waals surface area (Å²) < 4.78 is 0. The summed E-state index contributed by atoms with van der Waals surface area (Å²) in [5, 5.41) is 5.69. The molecular weight excluding hydrogens is 364 g/mol. The van der Waals surface area contributed by atoms with Gasteiger partial charge in [-0.15, -0.1) is 11.6 Å². The second-order valence-electron chi connectivity index (χ2n) is 9.00. The maximum Gasteiger partial charge on any atom is 0.239 e. The third-order valence-electron chi connectivity index (χ3n) is 6.91. The lowest BCUT2D eigenvalue weighted by molar-refractivity contribution is -0.125. The normalized spacial score (nSPS) is 38.9. The Balaban J connectivity index is 1.19. The number of hydrogen-bond acceptors (Lipinski definition) is 5. The van der Waals surface area contributed by atoms with Crippen LogP contribution in [0.2, 0.25) is 0 Å². The third kappa shape index (κ3) is 5.15. The molecule has 0 aromatic carbocycles. The summed E-state index contributed by atoms with van der Waals surface area (Å²) in [5.41, 5.74) is 6.44. The summed E-state index contributed by atoms with van der Waals surface area (Å²) in [6, 6.07) is -0.0782. The van der Waals surface area contributed by atoms with Gasteiger partial charge in [-0.25, -0.2) is 5.01 Å². The zero-order valence-corrected chi connectivity index (χ0v) is 17.1. The van der Waals surface area contributed by atoms with Crippen LogP contribution in [-0.4, -0.2) is 54.1 Å². The Bertz CT molecular complexity index is 502. The molecule has 2 saturated carbocycles. The van der Waals surface area contributed by atoms with Gasteiger partial charge in [0.25, 0.3) is 0 Å². The minimum atomic E-state index is -0.256. The van der Waals surface area contributed by atoms with Gasteiger partial charge in [-0.3, -0.25) is 15.1 Å². The highest BCUT2D eigenvalue weighted by Gasteiger charge is 2.40. The fraction of sp³-hybridized carbons (Fsp3) is 0.950. The molecule has 0 aromatic rings. The highest BCUT2D eigenvalue weighted by atomic mass is 35.5. The number of carbonyl (C=O) groups is 1. The number of hydrazine groups is 1. The van der Waals surface area contributed by atoms with Crippen LogP contribution in [0.15, 0.2) is 0 Å². The second-order valence-corrected chi connectivity index (χ2v) is 9.56. The number of halogens is 1. The standard InChI is InChI=1S/C20H35ClN4O2/c21-17-9-5-4-8-16(17)19-10-18(24-27-19)20(26)23-15-11-22-25(13-15)12-14-6-2-1-3-7-14/h14-19,22,24H,1-13H2,(H,23,26). The van der Waals surface area contributed by atoms with Crippen LogP contribution in [0.4, 0.5) is 0 Å². The van der Waals surface area contributed by atoms with E-state index in [4.69, 9.17) is 16.4 Å². The molecule has 0 spiro atoms. The number of rotatable bonds is 5. The van der Waals surface area contributed by atoms with E-state index in [2.05, 4.69) is 21.2 Å². The van der Waals surface area contributed by atoms with Crippen LogP contribution in [0.5, 0.6) is 0 Å². The molecule has 3 N–H and O–H groups in total. The van der Waals surface area contributed by atoms with Crippen molar-refractivity contribution in [3.63, 3.8) is 0 Å². The van der Waals surface area contributed by atoms with Gasteiger partial charge in [0.05, 0.1) is 12.1 Å². The smallest absolute Gasteiger partial charge is 0.239 e. The SMILES string of the molecule is O=C(NC1CNN(CC2CCCCC2)C1)C1CC(C2CCCCC2Cl)ON1. The Kier molecular flexibility index (Phi) is 6.93. The molecule has 154 valence electrons. The van der Waals surface area contributed by atoms with Crippen molar-refractivity contribution in [2.24, 2.45) is 11.8 Å². The van der Waals surface area contributed by atoms with Crippen LogP contribution in [0.1, 0.15) is 64.2 Å². The van der Waals surface area contributed by atoms with Crippen LogP contribution in [0.3, 0.4) is 0 Å². The summed E-state index contributed by atoms with van der Waals surface area (Å²) >= 11 is 6.50. The summed E-state index contributed by atoms with van der Waals surface area (Å²) in [6.07, 6.45) is 12.2. The molecule has 0 radical (unpaired) electrons. The minimum absolute atomic E-state index is 0.0609. The maximum atomic E-state index is 12.7. The van der Waals surface area contributed by atoms with Crippen molar-refractivity contribution in [1.82, 2.24) is 21.2 Å². The van der Waals surface area contributed by atoms with E-state index in [0.29, 0.717) is 5.92 Å². The Labute approximate surface area is 168 Å². The van der Waals surface area contributed by atoms with Crippen LogP contribution in [0, 0.1) is 11.8 Å². The van der Waals surface area contributed by atoms with E-state index in [1.54, 1.807) is 0 Å². The Morgan fingerprint density at radius 3 is 2.70 bits per heavy atom. The number of hydroxylamine groups is 1. The Morgan fingerprint density at radius 1 is 1.11 bits per heavy atom. The lowest BCUT2D eigenvalue weighted by Crippen LogP contribution is -2.47. The van der Waals surface area contributed by atoms with Crippen molar-refractivity contribution in [1.29, 1.82) is 0 Å². The lowest BCUT2D eigenvalue weighted by Gasteiger charge is -2.30. The molecule has 0 aromatic heterocycles. The molecule has 6 nitrogen and oxygen atoms in total. The van der Waals surface area contributed by atoms with Gasteiger partial charge in [0.15, 0.2) is 0 Å². The molecule has 4 rings (SSSR count). The van der Waals surface area contributed by atoms with Gasteiger partial charge in [0.1, 0.15) is 6.04 Å². The van der Waals surface area contributed by atoms with Gasteiger partial charge < -0.3 is 5.32 Å².